The predicted molar refractivity (Wildman–Crippen MR) is 102 cm³/mol. The molecule has 0 amide bonds. The molecule has 0 saturated carbocycles. The van der Waals surface area contributed by atoms with Crippen LogP contribution in [-0.4, -0.2) is 68.5 Å². The molecule has 0 spiro atoms. The second kappa shape index (κ2) is 9.78. The van der Waals surface area contributed by atoms with Gasteiger partial charge < -0.3 is 34.5 Å². The summed E-state index contributed by atoms with van der Waals surface area (Å²) in [4.78, 5) is 60.9. The van der Waals surface area contributed by atoms with Gasteiger partial charge in [0.25, 0.3) is 5.56 Å². The number of halogens is 1. The largest absolute Gasteiger partial charge is 0.490 e. The molecule has 2 rings (SSSR count). The van der Waals surface area contributed by atoms with Crippen LogP contribution in [0.1, 0.15) is 13.2 Å². The van der Waals surface area contributed by atoms with Crippen LogP contribution in [0.5, 0.6) is 0 Å². The third-order valence-corrected chi connectivity index (χ3v) is 7.83. The van der Waals surface area contributed by atoms with Gasteiger partial charge in [0.05, 0.1) is 6.10 Å². The van der Waals surface area contributed by atoms with E-state index in [0.717, 1.165) is 6.92 Å². The summed E-state index contributed by atoms with van der Waals surface area (Å²) < 4.78 is 51.4. The lowest BCUT2D eigenvalue weighted by Crippen LogP contribution is -2.49. The van der Waals surface area contributed by atoms with E-state index in [0.29, 0.717) is 10.9 Å². The SMILES string of the molecule is C[C@@H](OP(=O)(O)OP(=O)(O)OP(=O)(O)O)[C@H]1O[C@@H](n2ncc(=O)[nH]c2=O)C(O)(C#CCl)C1O. The van der Waals surface area contributed by atoms with Crippen LogP contribution in [0, 0.1) is 11.3 Å². The number of hydrogen-bond acceptors (Lipinski definition) is 12. The summed E-state index contributed by atoms with van der Waals surface area (Å²) in [5.41, 5.74) is -4.83. The molecule has 1 aromatic rings. The van der Waals surface area contributed by atoms with Crippen LogP contribution in [0.15, 0.2) is 15.8 Å². The molecule has 1 saturated heterocycles. The molecule has 4 unspecified atom stereocenters. The number of H-pyrrole nitrogens is 1. The maximum Gasteiger partial charge on any atom is 0.490 e. The van der Waals surface area contributed by atoms with E-state index in [2.05, 4.69) is 18.2 Å². The molecule has 186 valence electrons. The zero-order valence-corrected chi connectivity index (χ0v) is 19.3. The lowest BCUT2D eigenvalue weighted by molar-refractivity contribution is -0.0933. The van der Waals surface area contributed by atoms with Gasteiger partial charge in [-0.1, -0.05) is 0 Å². The van der Waals surface area contributed by atoms with Crippen molar-refractivity contribution in [3.63, 3.8) is 0 Å². The maximum absolute atomic E-state index is 12.0. The fraction of sp³-hybridized carbons (Fsp3) is 0.545. The van der Waals surface area contributed by atoms with E-state index >= 15 is 0 Å². The highest BCUT2D eigenvalue weighted by Crippen LogP contribution is 2.66. The first-order valence-corrected chi connectivity index (χ1v) is 13.0. The molecular formula is C11H15ClN3O15P3. The van der Waals surface area contributed by atoms with Gasteiger partial charge in [0.1, 0.15) is 18.4 Å². The molecule has 0 radical (unpaired) electrons. The van der Waals surface area contributed by atoms with Gasteiger partial charge in [-0.15, -0.1) is 0 Å². The van der Waals surface area contributed by atoms with Crippen molar-refractivity contribution < 1.29 is 61.4 Å². The van der Waals surface area contributed by atoms with E-state index in [-0.39, 0.29) is 0 Å². The van der Waals surface area contributed by atoms with Gasteiger partial charge in [0, 0.05) is 5.38 Å². The lowest BCUT2D eigenvalue weighted by atomic mass is 9.93. The molecule has 22 heteroatoms. The Morgan fingerprint density at radius 1 is 1.24 bits per heavy atom. The van der Waals surface area contributed by atoms with Crippen molar-refractivity contribution in [3.05, 3.63) is 27.0 Å². The molecular weight excluding hydrogens is 543 g/mol. The van der Waals surface area contributed by atoms with Gasteiger partial charge in [0.2, 0.25) is 5.60 Å². The van der Waals surface area contributed by atoms with E-state index in [1.165, 1.54) is 0 Å². The Morgan fingerprint density at radius 3 is 2.36 bits per heavy atom. The van der Waals surface area contributed by atoms with E-state index in [1.807, 2.05) is 5.92 Å². The molecule has 7 N–H and O–H groups in total. The highest BCUT2D eigenvalue weighted by molar-refractivity contribution is 7.66. The summed E-state index contributed by atoms with van der Waals surface area (Å²) in [6.07, 6.45) is -7.12. The Kier molecular flexibility index (Phi) is 8.30. The van der Waals surface area contributed by atoms with Gasteiger partial charge in [-0.2, -0.15) is 18.4 Å². The second-order valence-corrected chi connectivity index (χ2v) is 10.8. The van der Waals surface area contributed by atoms with Gasteiger partial charge >= 0.3 is 29.2 Å². The number of aliphatic hydroxyl groups is 2. The van der Waals surface area contributed by atoms with E-state index < -0.39 is 64.9 Å². The molecule has 1 aromatic heterocycles. The number of aromatic nitrogens is 3. The minimum atomic E-state index is -5.83. The number of ether oxygens (including phenoxy) is 1. The third kappa shape index (κ3) is 6.89. The normalized spacial score (nSPS) is 30.0. The summed E-state index contributed by atoms with van der Waals surface area (Å²) in [5, 5.41) is 26.5. The van der Waals surface area contributed by atoms with Crippen molar-refractivity contribution in [2.24, 2.45) is 0 Å². The Hall–Kier alpha value is -1.25. The van der Waals surface area contributed by atoms with Crippen LogP contribution >= 0.6 is 35.1 Å². The molecule has 1 aliphatic rings. The molecule has 0 bridgehead atoms. The summed E-state index contributed by atoms with van der Waals surface area (Å²) >= 11 is 5.29. The zero-order chi connectivity index (χ0) is 25.4. The van der Waals surface area contributed by atoms with Crippen LogP contribution in [0.2, 0.25) is 0 Å². The number of phosphoric ester groups is 1. The Bertz CT molecular complexity index is 1220. The summed E-state index contributed by atoms with van der Waals surface area (Å²) in [7, 11) is -17.1. The number of nitrogens with one attached hydrogen (secondary N) is 1. The van der Waals surface area contributed by atoms with Gasteiger partial charge in [-0.05, 0) is 24.4 Å². The van der Waals surface area contributed by atoms with Crippen LogP contribution in [0.25, 0.3) is 0 Å². The number of nitrogens with zero attached hydrogens (tertiary/aromatic N) is 2. The average molecular weight is 558 g/mol. The second-order valence-electron chi connectivity index (χ2n) is 6.23. The van der Waals surface area contributed by atoms with E-state index in [4.69, 9.17) is 26.1 Å². The van der Waals surface area contributed by atoms with Crippen molar-refractivity contribution in [2.75, 3.05) is 0 Å². The van der Waals surface area contributed by atoms with Gasteiger partial charge in [-0.25, -0.2) is 18.5 Å². The standard InChI is InChI=1S/C11H15ClN3O15P3/c1-5(28-32(23,24)30-33(25,26)29-31(20,21)22)7-8(17)11(19,2-3-12)9(27-7)15-10(18)14-6(16)4-13-15/h4-5,7-9,17,19H,1H3,(H,23,24)(H,25,26)(H,14,16,18)(H2,20,21,22)/t5-,7-,8?,9-,11?/m1/s1. The first kappa shape index (κ1) is 28.0. The summed E-state index contributed by atoms with van der Waals surface area (Å²) in [5.74, 6) is 1.97. The average Bonchev–Trinajstić information content (AvgIpc) is 2.83. The summed E-state index contributed by atoms with van der Waals surface area (Å²) in [6.45, 7) is 0.937. The lowest BCUT2D eigenvalue weighted by Gasteiger charge is -2.26. The topological polar surface area (TPSA) is 277 Å². The quantitative estimate of drug-likeness (QED) is 0.132. The highest BCUT2D eigenvalue weighted by atomic mass is 35.5. The Balaban J connectivity index is 2.32. The third-order valence-electron chi connectivity index (χ3n) is 3.81. The minimum Gasteiger partial charge on any atom is -0.386 e. The van der Waals surface area contributed by atoms with Crippen LogP contribution in [0.3, 0.4) is 0 Å². The van der Waals surface area contributed by atoms with Crippen LogP contribution in [-0.2, 0) is 31.6 Å². The molecule has 0 aliphatic carbocycles. The van der Waals surface area contributed by atoms with Crippen molar-refractivity contribution >= 4 is 35.1 Å². The molecule has 18 nitrogen and oxygen atoms in total. The highest BCUT2D eigenvalue weighted by Gasteiger charge is 2.59. The molecule has 7 atom stereocenters. The monoisotopic (exact) mass is 557 g/mol. The van der Waals surface area contributed by atoms with Gasteiger partial charge in [-0.3, -0.25) is 14.3 Å². The van der Waals surface area contributed by atoms with Crippen molar-refractivity contribution in [1.29, 1.82) is 0 Å². The van der Waals surface area contributed by atoms with Crippen molar-refractivity contribution in [2.45, 2.75) is 37.1 Å². The number of hydrogen-bond donors (Lipinski definition) is 7. The van der Waals surface area contributed by atoms with Crippen molar-refractivity contribution in [3.8, 4) is 11.3 Å². The smallest absolute Gasteiger partial charge is 0.386 e. The van der Waals surface area contributed by atoms with Gasteiger partial charge in [0.15, 0.2) is 6.23 Å². The van der Waals surface area contributed by atoms with Crippen LogP contribution < -0.4 is 11.2 Å². The fourth-order valence-corrected chi connectivity index (χ4v) is 6.00. The summed E-state index contributed by atoms with van der Waals surface area (Å²) in [6, 6.07) is 0. The number of aromatic amines is 1. The first-order chi connectivity index (χ1) is 14.9. The Labute approximate surface area is 187 Å². The number of aliphatic hydroxyl groups excluding tert-OH is 1. The fourth-order valence-electron chi connectivity index (χ4n) is 2.64. The zero-order valence-electron chi connectivity index (χ0n) is 15.9. The maximum atomic E-state index is 12.0. The minimum absolute atomic E-state index is 0.364. The number of phosphoric acid groups is 3. The molecule has 2 heterocycles. The Morgan fingerprint density at radius 2 is 1.85 bits per heavy atom. The number of rotatable bonds is 8. The predicted octanol–water partition coefficient (Wildman–Crippen LogP) is -2.15. The molecule has 1 aliphatic heterocycles. The molecule has 33 heavy (non-hydrogen) atoms. The molecule has 1 fully saturated rings. The van der Waals surface area contributed by atoms with E-state index in [9.17, 15) is 43.3 Å². The van der Waals surface area contributed by atoms with Crippen molar-refractivity contribution in [1.82, 2.24) is 14.8 Å². The van der Waals surface area contributed by atoms with E-state index in [1.54, 1.807) is 10.4 Å². The molecule has 0 aromatic carbocycles. The van der Waals surface area contributed by atoms with Crippen LogP contribution in [0.4, 0.5) is 0 Å². The first-order valence-electron chi connectivity index (χ1n) is 8.10.